The summed E-state index contributed by atoms with van der Waals surface area (Å²) in [5.74, 6) is 5.81. The van der Waals surface area contributed by atoms with E-state index in [1.807, 2.05) is 0 Å². The van der Waals surface area contributed by atoms with Crippen molar-refractivity contribution < 1.29 is 0 Å². The molecule has 0 radical (unpaired) electrons. The van der Waals surface area contributed by atoms with E-state index in [9.17, 15) is 0 Å². The number of nitrogens with zero attached hydrogens (tertiary/aromatic N) is 1. The molecule has 102 valence electrons. The van der Waals surface area contributed by atoms with Crippen molar-refractivity contribution in [3.63, 3.8) is 0 Å². The lowest BCUT2D eigenvalue weighted by Crippen LogP contribution is -2.60. The fourth-order valence-corrected chi connectivity index (χ4v) is 3.09. The third kappa shape index (κ3) is 3.67. The predicted octanol–water partition coefficient (Wildman–Crippen LogP) is 2.66. The molecule has 1 aliphatic heterocycles. The molecule has 0 amide bonds. The van der Waals surface area contributed by atoms with Crippen molar-refractivity contribution in [3.8, 4) is 0 Å². The zero-order valence-electron chi connectivity index (χ0n) is 12.0. The molecule has 0 aromatic rings. The Hall–Kier alpha value is -0.120. The standard InChI is InChI=1S/C14H31N3/c1-4-6-7-10-13(16-15)14(3,5-2)17-11-8-9-12-17/h13,16H,4-12,15H2,1-3H3. The highest BCUT2D eigenvalue weighted by atomic mass is 15.3. The molecule has 0 aromatic heterocycles. The van der Waals surface area contributed by atoms with Gasteiger partial charge >= 0.3 is 0 Å². The van der Waals surface area contributed by atoms with Gasteiger partial charge in [0.1, 0.15) is 0 Å². The van der Waals surface area contributed by atoms with E-state index in [1.54, 1.807) is 0 Å². The fraction of sp³-hybridized carbons (Fsp3) is 1.00. The van der Waals surface area contributed by atoms with E-state index < -0.39 is 0 Å². The van der Waals surface area contributed by atoms with Gasteiger partial charge in [0.2, 0.25) is 0 Å². The van der Waals surface area contributed by atoms with Crippen LogP contribution in [-0.2, 0) is 0 Å². The number of likely N-dealkylation sites (tertiary alicyclic amines) is 1. The molecule has 1 fully saturated rings. The third-order valence-electron chi connectivity index (χ3n) is 4.59. The third-order valence-corrected chi connectivity index (χ3v) is 4.59. The second-order valence-electron chi connectivity index (χ2n) is 5.62. The highest BCUT2D eigenvalue weighted by Crippen LogP contribution is 2.30. The summed E-state index contributed by atoms with van der Waals surface area (Å²) in [5.41, 5.74) is 3.32. The average molecular weight is 241 g/mol. The molecular weight excluding hydrogens is 210 g/mol. The molecular formula is C14H31N3. The van der Waals surface area contributed by atoms with Crippen LogP contribution in [0.5, 0.6) is 0 Å². The monoisotopic (exact) mass is 241 g/mol. The molecule has 1 heterocycles. The van der Waals surface area contributed by atoms with Crippen LogP contribution >= 0.6 is 0 Å². The van der Waals surface area contributed by atoms with E-state index in [4.69, 9.17) is 5.84 Å². The quantitative estimate of drug-likeness (QED) is 0.390. The van der Waals surface area contributed by atoms with Gasteiger partial charge in [-0.05, 0) is 45.7 Å². The Kier molecular flexibility index (Phi) is 6.45. The van der Waals surface area contributed by atoms with E-state index in [2.05, 4.69) is 31.1 Å². The Morgan fingerprint density at radius 2 is 1.88 bits per heavy atom. The first-order chi connectivity index (χ1) is 8.19. The maximum absolute atomic E-state index is 5.81. The molecule has 2 atom stereocenters. The van der Waals surface area contributed by atoms with Crippen molar-refractivity contribution in [2.45, 2.75) is 77.3 Å². The average Bonchev–Trinajstić information content (AvgIpc) is 2.88. The number of unbranched alkanes of at least 4 members (excludes halogenated alkanes) is 2. The van der Waals surface area contributed by atoms with Gasteiger partial charge in [-0.3, -0.25) is 16.2 Å². The number of hydrazine groups is 1. The molecule has 3 heteroatoms. The summed E-state index contributed by atoms with van der Waals surface area (Å²) in [6.07, 6.45) is 8.96. The van der Waals surface area contributed by atoms with E-state index in [-0.39, 0.29) is 5.54 Å². The molecule has 0 aromatic carbocycles. The van der Waals surface area contributed by atoms with Gasteiger partial charge in [-0.1, -0.05) is 33.1 Å². The smallest absolute Gasteiger partial charge is 0.0392 e. The zero-order valence-corrected chi connectivity index (χ0v) is 12.0. The minimum Gasteiger partial charge on any atom is -0.296 e. The summed E-state index contributed by atoms with van der Waals surface area (Å²) < 4.78 is 0. The SMILES string of the molecule is CCCCCC(NN)C(C)(CC)N1CCCC1. The lowest BCUT2D eigenvalue weighted by Gasteiger charge is -2.44. The summed E-state index contributed by atoms with van der Waals surface area (Å²) in [6.45, 7) is 9.42. The van der Waals surface area contributed by atoms with E-state index in [0.29, 0.717) is 6.04 Å². The largest absolute Gasteiger partial charge is 0.296 e. The van der Waals surface area contributed by atoms with E-state index in [1.165, 1.54) is 58.0 Å². The first kappa shape index (κ1) is 14.9. The maximum Gasteiger partial charge on any atom is 0.0392 e. The second-order valence-corrected chi connectivity index (χ2v) is 5.62. The van der Waals surface area contributed by atoms with Crippen LogP contribution in [-0.4, -0.2) is 29.6 Å². The van der Waals surface area contributed by atoms with Gasteiger partial charge in [0, 0.05) is 11.6 Å². The van der Waals surface area contributed by atoms with E-state index >= 15 is 0 Å². The lowest BCUT2D eigenvalue weighted by atomic mass is 9.84. The van der Waals surface area contributed by atoms with Crippen LogP contribution in [0.15, 0.2) is 0 Å². The fourth-order valence-electron chi connectivity index (χ4n) is 3.09. The summed E-state index contributed by atoms with van der Waals surface area (Å²) in [5, 5.41) is 0. The normalized spacial score (nSPS) is 22.6. The molecule has 0 bridgehead atoms. The van der Waals surface area contributed by atoms with Crippen molar-refractivity contribution in [3.05, 3.63) is 0 Å². The Morgan fingerprint density at radius 3 is 2.35 bits per heavy atom. The molecule has 2 unspecified atom stereocenters. The van der Waals surface area contributed by atoms with Crippen molar-refractivity contribution in [2.75, 3.05) is 13.1 Å². The number of hydrogen-bond donors (Lipinski definition) is 2. The van der Waals surface area contributed by atoms with Crippen LogP contribution in [0.25, 0.3) is 0 Å². The summed E-state index contributed by atoms with van der Waals surface area (Å²) in [7, 11) is 0. The van der Waals surface area contributed by atoms with Crippen LogP contribution < -0.4 is 11.3 Å². The van der Waals surface area contributed by atoms with Gasteiger partial charge in [0.05, 0.1) is 0 Å². The topological polar surface area (TPSA) is 41.3 Å². The van der Waals surface area contributed by atoms with Crippen molar-refractivity contribution in [1.82, 2.24) is 10.3 Å². The highest BCUT2D eigenvalue weighted by Gasteiger charge is 2.38. The lowest BCUT2D eigenvalue weighted by molar-refractivity contribution is 0.0791. The highest BCUT2D eigenvalue weighted by molar-refractivity contribution is 4.96. The zero-order chi connectivity index (χ0) is 12.7. The van der Waals surface area contributed by atoms with Crippen LogP contribution in [0.1, 0.15) is 65.7 Å². The predicted molar refractivity (Wildman–Crippen MR) is 74.8 cm³/mol. The van der Waals surface area contributed by atoms with Gasteiger partial charge in [0.25, 0.3) is 0 Å². The number of hydrogen-bond acceptors (Lipinski definition) is 3. The first-order valence-electron chi connectivity index (χ1n) is 7.40. The Morgan fingerprint density at radius 1 is 1.24 bits per heavy atom. The summed E-state index contributed by atoms with van der Waals surface area (Å²) >= 11 is 0. The van der Waals surface area contributed by atoms with E-state index in [0.717, 1.165) is 0 Å². The number of nitrogens with two attached hydrogens (primary N) is 1. The summed E-state index contributed by atoms with van der Waals surface area (Å²) in [6, 6.07) is 0.428. The van der Waals surface area contributed by atoms with Crippen molar-refractivity contribution in [2.24, 2.45) is 5.84 Å². The number of nitrogens with one attached hydrogen (secondary N) is 1. The Bertz CT molecular complexity index is 202. The second kappa shape index (κ2) is 7.34. The van der Waals surface area contributed by atoms with Crippen LogP contribution in [0.3, 0.4) is 0 Å². The maximum atomic E-state index is 5.81. The molecule has 1 saturated heterocycles. The van der Waals surface area contributed by atoms with Gasteiger partial charge in [-0.15, -0.1) is 0 Å². The van der Waals surface area contributed by atoms with Crippen molar-refractivity contribution in [1.29, 1.82) is 0 Å². The molecule has 0 saturated carbocycles. The Balaban J connectivity index is 2.59. The minimum atomic E-state index is 0.235. The van der Waals surface area contributed by atoms with Gasteiger partial charge in [-0.2, -0.15) is 0 Å². The minimum absolute atomic E-state index is 0.235. The molecule has 0 aliphatic carbocycles. The molecule has 3 N–H and O–H groups in total. The number of rotatable bonds is 8. The van der Waals surface area contributed by atoms with Gasteiger partial charge < -0.3 is 0 Å². The van der Waals surface area contributed by atoms with Crippen LogP contribution in [0.2, 0.25) is 0 Å². The molecule has 0 spiro atoms. The van der Waals surface area contributed by atoms with Gasteiger partial charge in [0.15, 0.2) is 0 Å². The Labute approximate surface area is 107 Å². The molecule has 1 rings (SSSR count). The first-order valence-corrected chi connectivity index (χ1v) is 7.40. The molecule has 17 heavy (non-hydrogen) atoms. The van der Waals surface area contributed by atoms with Crippen LogP contribution in [0.4, 0.5) is 0 Å². The molecule has 3 nitrogen and oxygen atoms in total. The molecule has 1 aliphatic rings. The van der Waals surface area contributed by atoms with Crippen molar-refractivity contribution >= 4 is 0 Å². The summed E-state index contributed by atoms with van der Waals surface area (Å²) in [4.78, 5) is 2.64. The van der Waals surface area contributed by atoms with Crippen LogP contribution in [0, 0.1) is 0 Å². The van der Waals surface area contributed by atoms with Gasteiger partial charge in [-0.25, -0.2) is 0 Å².